The van der Waals surface area contributed by atoms with Crippen molar-refractivity contribution in [1.82, 2.24) is 4.90 Å². The third-order valence-corrected chi connectivity index (χ3v) is 5.59. The van der Waals surface area contributed by atoms with E-state index in [1.165, 1.54) is 0 Å². The summed E-state index contributed by atoms with van der Waals surface area (Å²) in [5.41, 5.74) is 3.87. The highest BCUT2D eigenvalue weighted by Crippen LogP contribution is 2.33. The van der Waals surface area contributed by atoms with Gasteiger partial charge in [0.25, 0.3) is 0 Å². The molecular weight excluding hydrogens is 386 g/mol. The molecule has 0 unspecified atom stereocenters. The second-order valence-corrected chi connectivity index (χ2v) is 7.52. The molecule has 0 bridgehead atoms. The first-order valence-corrected chi connectivity index (χ1v) is 9.80. The summed E-state index contributed by atoms with van der Waals surface area (Å²) in [5, 5.41) is 1.29. The molecule has 4 aromatic rings. The van der Waals surface area contributed by atoms with Gasteiger partial charge in [0.15, 0.2) is 0 Å². The molecule has 4 nitrogen and oxygen atoms in total. The number of fused-ring (bicyclic) bond motifs is 3. The molecule has 0 aliphatic carbocycles. The lowest BCUT2D eigenvalue weighted by atomic mass is 10.0. The molecule has 0 radical (unpaired) electrons. The van der Waals surface area contributed by atoms with Crippen LogP contribution in [0.3, 0.4) is 0 Å². The van der Waals surface area contributed by atoms with Gasteiger partial charge in [-0.3, -0.25) is 9.69 Å². The maximum atomic E-state index is 13.1. The van der Waals surface area contributed by atoms with Crippen LogP contribution in [-0.4, -0.2) is 11.6 Å². The molecule has 0 atom stereocenters. The average Bonchev–Trinajstić information content (AvgIpc) is 2.76. The van der Waals surface area contributed by atoms with Gasteiger partial charge in [0, 0.05) is 18.1 Å². The highest BCUT2D eigenvalue weighted by atomic mass is 35.5. The number of hydrogen-bond acceptors (Lipinski definition) is 4. The summed E-state index contributed by atoms with van der Waals surface area (Å²) in [6.45, 7) is 1.73. The van der Waals surface area contributed by atoms with Gasteiger partial charge in [0.1, 0.15) is 24.3 Å². The fraction of sp³-hybridized carbons (Fsp3) is 0.125. The molecule has 0 amide bonds. The Kier molecular flexibility index (Phi) is 4.58. The summed E-state index contributed by atoms with van der Waals surface area (Å²) in [6.07, 6.45) is 1.55. The normalized spacial score (nSPS) is 13.8. The van der Waals surface area contributed by atoms with E-state index < -0.39 is 0 Å². The smallest absolute Gasteiger partial charge is 0.200 e. The second-order valence-electron chi connectivity index (χ2n) is 7.12. The quantitative estimate of drug-likeness (QED) is 0.455. The summed E-state index contributed by atoms with van der Waals surface area (Å²) in [5.74, 6) is 0.753. The third-order valence-electron chi connectivity index (χ3n) is 5.22. The number of benzene rings is 3. The Bertz CT molecular complexity index is 1250. The molecule has 3 aromatic carbocycles. The van der Waals surface area contributed by atoms with E-state index in [-0.39, 0.29) is 5.43 Å². The molecule has 0 N–H and O–H groups in total. The van der Waals surface area contributed by atoms with E-state index in [2.05, 4.69) is 4.90 Å². The SMILES string of the molecule is O=c1c(-c2ccccc2)coc2c3c(ccc12)OCN(Cc1ccccc1Cl)C3. The summed E-state index contributed by atoms with van der Waals surface area (Å²) >= 11 is 6.31. The predicted octanol–water partition coefficient (Wildman–Crippen LogP) is 5.47. The number of nitrogens with zero attached hydrogens (tertiary/aromatic N) is 1. The van der Waals surface area contributed by atoms with Gasteiger partial charge in [-0.15, -0.1) is 0 Å². The minimum absolute atomic E-state index is 0.0384. The van der Waals surface area contributed by atoms with E-state index in [0.717, 1.165) is 27.5 Å². The van der Waals surface area contributed by atoms with E-state index in [4.69, 9.17) is 20.8 Å². The number of halogens is 1. The van der Waals surface area contributed by atoms with E-state index in [1.807, 2.05) is 60.7 Å². The van der Waals surface area contributed by atoms with Crippen LogP contribution < -0.4 is 10.2 Å². The van der Waals surface area contributed by atoms with Crippen molar-refractivity contribution in [3.63, 3.8) is 0 Å². The van der Waals surface area contributed by atoms with Crippen molar-refractivity contribution in [2.75, 3.05) is 6.73 Å². The van der Waals surface area contributed by atoms with Crippen molar-refractivity contribution in [3.05, 3.63) is 99.4 Å². The predicted molar refractivity (Wildman–Crippen MR) is 114 cm³/mol. The van der Waals surface area contributed by atoms with Gasteiger partial charge < -0.3 is 9.15 Å². The molecule has 2 heterocycles. The van der Waals surface area contributed by atoms with Crippen molar-refractivity contribution >= 4 is 22.6 Å². The Morgan fingerprint density at radius 2 is 1.76 bits per heavy atom. The molecule has 144 valence electrons. The Balaban J connectivity index is 1.53. The summed E-state index contributed by atoms with van der Waals surface area (Å²) in [4.78, 5) is 15.2. The fourth-order valence-corrected chi connectivity index (χ4v) is 3.94. The Hall–Kier alpha value is -3.08. The van der Waals surface area contributed by atoms with Crippen molar-refractivity contribution in [2.24, 2.45) is 0 Å². The minimum Gasteiger partial charge on any atom is -0.478 e. The number of ether oxygens (including phenoxy) is 1. The molecule has 29 heavy (non-hydrogen) atoms. The van der Waals surface area contributed by atoms with E-state index in [1.54, 1.807) is 12.3 Å². The molecule has 0 spiro atoms. The van der Waals surface area contributed by atoms with Gasteiger partial charge in [-0.25, -0.2) is 0 Å². The molecule has 5 rings (SSSR count). The second kappa shape index (κ2) is 7.39. The highest BCUT2D eigenvalue weighted by Gasteiger charge is 2.23. The van der Waals surface area contributed by atoms with E-state index in [0.29, 0.717) is 36.4 Å². The average molecular weight is 404 g/mol. The first-order chi connectivity index (χ1) is 14.2. The highest BCUT2D eigenvalue weighted by molar-refractivity contribution is 6.31. The van der Waals surface area contributed by atoms with Crippen LogP contribution in [0.5, 0.6) is 5.75 Å². The van der Waals surface area contributed by atoms with Gasteiger partial charge in [0.05, 0.1) is 16.5 Å². The molecule has 1 aliphatic heterocycles. The Morgan fingerprint density at radius 1 is 0.966 bits per heavy atom. The van der Waals surface area contributed by atoms with Crippen LogP contribution in [0, 0.1) is 0 Å². The topological polar surface area (TPSA) is 42.7 Å². The van der Waals surface area contributed by atoms with Crippen LogP contribution in [0.4, 0.5) is 0 Å². The lowest BCUT2D eigenvalue weighted by molar-refractivity contribution is 0.0890. The van der Waals surface area contributed by atoms with Crippen LogP contribution in [-0.2, 0) is 13.1 Å². The van der Waals surface area contributed by atoms with Gasteiger partial charge in [-0.1, -0.05) is 60.1 Å². The van der Waals surface area contributed by atoms with E-state index in [9.17, 15) is 4.79 Å². The standard InChI is InChI=1S/C24H18ClNO3/c25-21-9-5-4-8-17(21)12-26-13-19-22(29-15-26)11-10-18-23(27)20(14-28-24(18)19)16-6-2-1-3-7-16/h1-11,14H,12-13,15H2. The molecular formula is C24H18ClNO3. The Morgan fingerprint density at radius 3 is 2.59 bits per heavy atom. The van der Waals surface area contributed by atoms with Crippen molar-refractivity contribution < 1.29 is 9.15 Å². The largest absolute Gasteiger partial charge is 0.478 e. The van der Waals surface area contributed by atoms with E-state index >= 15 is 0 Å². The summed E-state index contributed by atoms with van der Waals surface area (Å²) < 4.78 is 11.9. The Labute approximate surface area is 172 Å². The van der Waals surface area contributed by atoms with Crippen LogP contribution in [0.15, 0.2) is 82.2 Å². The maximum absolute atomic E-state index is 13.1. The lowest BCUT2D eigenvalue weighted by Gasteiger charge is -2.29. The molecule has 0 saturated heterocycles. The molecule has 1 aliphatic rings. The lowest BCUT2D eigenvalue weighted by Crippen LogP contribution is -2.31. The van der Waals surface area contributed by atoms with Crippen LogP contribution in [0.25, 0.3) is 22.1 Å². The fourth-order valence-electron chi connectivity index (χ4n) is 3.74. The maximum Gasteiger partial charge on any atom is 0.200 e. The van der Waals surface area contributed by atoms with Gasteiger partial charge >= 0.3 is 0 Å². The minimum atomic E-state index is -0.0384. The monoisotopic (exact) mass is 403 g/mol. The summed E-state index contributed by atoms with van der Waals surface area (Å²) in [7, 11) is 0. The van der Waals surface area contributed by atoms with Crippen LogP contribution in [0.1, 0.15) is 11.1 Å². The molecule has 0 saturated carbocycles. The van der Waals surface area contributed by atoms with Gasteiger partial charge in [-0.05, 0) is 29.3 Å². The summed E-state index contributed by atoms with van der Waals surface area (Å²) in [6, 6.07) is 21.0. The zero-order valence-corrected chi connectivity index (χ0v) is 16.4. The number of hydrogen-bond donors (Lipinski definition) is 0. The zero-order valence-electron chi connectivity index (χ0n) is 15.6. The van der Waals surface area contributed by atoms with Crippen molar-refractivity contribution in [2.45, 2.75) is 13.1 Å². The molecule has 5 heteroatoms. The van der Waals surface area contributed by atoms with Crippen LogP contribution >= 0.6 is 11.6 Å². The van der Waals surface area contributed by atoms with Crippen molar-refractivity contribution in [1.29, 1.82) is 0 Å². The molecule has 0 fully saturated rings. The first-order valence-electron chi connectivity index (χ1n) is 9.42. The van der Waals surface area contributed by atoms with Gasteiger partial charge in [-0.2, -0.15) is 0 Å². The van der Waals surface area contributed by atoms with Crippen molar-refractivity contribution in [3.8, 4) is 16.9 Å². The van der Waals surface area contributed by atoms with Crippen LogP contribution in [0.2, 0.25) is 5.02 Å². The number of rotatable bonds is 3. The third kappa shape index (κ3) is 3.31. The first kappa shape index (κ1) is 18.0. The molecule has 1 aromatic heterocycles. The zero-order chi connectivity index (χ0) is 19.8. The van der Waals surface area contributed by atoms with Gasteiger partial charge in [0.2, 0.25) is 5.43 Å².